The molecule has 3 aromatic rings. The first-order chi connectivity index (χ1) is 12.2. The van der Waals surface area contributed by atoms with E-state index < -0.39 is 0 Å². The fourth-order valence-electron chi connectivity index (χ4n) is 2.47. The molecule has 0 aliphatic carbocycles. The normalized spacial score (nSPS) is 10.8. The number of nitrogens with zero attached hydrogens (tertiary/aromatic N) is 1. The van der Waals surface area contributed by atoms with Crippen molar-refractivity contribution in [2.24, 2.45) is 5.10 Å². The van der Waals surface area contributed by atoms with E-state index >= 15 is 0 Å². The summed E-state index contributed by atoms with van der Waals surface area (Å²) in [7, 11) is 1.60. The molecule has 5 nitrogen and oxygen atoms in total. The van der Waals surface area contributed by atoms with E-state index in [1.165, 1.54) is 0 Å². The first kappa shape index (κ1) is 16.7. The Hall–Kier alpha value is -3.12. The van der Waals surface area contributed by atoms with Crippen LogP contribution in [0.15, 0.2) is 65.8 Å². The molecule has 0 fully saturated rings. The van der Waals surface area contributed by atoms with Gasteiger partial charge in [0, 0.05) is 5.56 Å². The number of nitrogens with one attached hydrogen (secondary N) is 2. The van der Waals surface area contributed by atoms with Crippen molar-refractivity contribution >= 4 is 40.0 Å². The number of aromatic hydroxyl groups is 1. The van der Waals surface area contributed by atoms with Gasteiger partial charge in [-0.2, -0.15) is 5.10 Å². The SMILES string of the molecule is COc1ccccc1NC(=S)N/N=C/c1c(O)ccc2ccccc12. The van der Waals surface area contributed by atoms with Crippen LogP contribution in [0.1, 0.15) is 5.56 Å². The summed E-state index contributed by atoms with van der Waals surface area (Å²) in [6.07, 6.45) is 1.55. The summed E-state index contributed by atoms with van der Waals surface area (Å²) in [4.78, 5) is 0. The highest BCUT2D eigenvalue weighted by Crippen LogP contribution is 2.25. The number of rotatable bonds is 4. The summed E-state index contributed by atoms with van der Waals surface area (Å²) in [5, 5.41) is 19.5. The van der Waals surface area contributed by atoms with Crippen LogP contribution in [0, 0.1) is 0 Å². The minimum Gasteiger partial charge on any atom is -0.507 e. The Morgan fingerprint density at radius 3 is 2.68 bits per heavy atom. The Labute approximate surface area is 150 Å². The van der Waals surface area contributed by atoms with Gasteiger partial charge in [-0.3, -0.25) is 5.43 Å². The van der Waals surface area contributed by atoms with E-state index in [0.29, 0.717) is 16.4 Å². The van der Waals surface area contributed by atoms with Crippen LogP contribution in [-0.4, -0.2) is 23.5 Å². The average Bonchev–Trinajstić information content (AvgIpc) is 2.64. The van der Waals surface area contributed by atoms with Crippen molar-refractivity contribution in [2.45, 2.75) is 0 Å². The number of fused-ring (bicyclic) bond motifs is 1. The van der Waals surface area contributed by atoms with Crippen LogP contribution >= 0.6 is 12.2 Å². The van der Waals surface area contributed by atoms with E-state index in [0.717, 1.165) is 16.5 Å². The van der Waals surface area contributed by atoms with Crippen molar-refractivity contribution in [1.29, 1.82) is 0 Å². The van der Waals surface area contributed by atoms with Gasteiger partial charge < -0.3 is 15.2 Å². The maximum Gasteiger partial charge on any atom is 0.191 e. The molecule has 0 unspecified atom stereocenters. The lowest BCUT2D eigenvalue weighted by atomic mass is 10.0. The lowest BCUT2D eigenvalue weighted by Crippen LogP contribution is -2.24. The third-order valence-corrected chi connectivity index (χ3v) is 3.86. The second kappa shape index (κ2) is 7.63. The standard InChI is InChI=1S/C19H17N3O2S/c1-24-18-9-5-4-8-16(18)21-19(25)22-20-12-15-14-7-3-2-6-13(14)10-11-17(15)23/h2-12,23H,1H3,(H2,21,22,25)/b20-12+. The summed E-state index contributed by atoms with van der Waals surface area (Å²) in [5.41, 5.74) is 4.12. The van der Waals surface area contributed by atoms with Crippen molar-refractivity contribution < 1.29 is 9.84 Å². The maximum atomic E-state index is 10.1. The third kappa shape index (κ3) is 3.87. The number of thiocarbonyl (C=S) groups is 1. The topological polar surface area (TPSA) is 65.9 Å². The molecule has 3 N–H and O–H groups in total. The first-order valence-corrected chi connectivity index (χ1v) is 8.03. The maximum absolute atomic E-state index is 10.1. The predicted molar refractivity (Wildman–Crippen MR) is 106 cm³/mol. The van der Waals surface area contributed by atoms with Crippen LogP contribution in [0.2, 0.25) is 0 Å². The van der Waals surface area contributed by atoms with Gasteiger partial charge in [-0.15, -0.1) is 0 Å². The molecule has 6 heteroatoms. The van der Waals surface area contributed by atoms with Crippen LogP contribution in [0.25, 0.3) is 10.8 Å². The molecule has 0 bridgehead atoms. The molecule has 126 valence electrons. The van der Waals surface area contributed by atoms with Crippen molar-refractivity contribution in [1.82, 2.24) is 5.43 Å². The zero-order valence-electron chi connectivity index (χ0n) is 13.6. The largest absolute Gasteiger partial charge is 0.507 e. The van der Waals surface area contributed by atoms with Gasteiger partial charge in [0.25, 0.3) is 0 Å². The lowest BCUT2D eigenvalue weighted by molar-refractivity contribution is 0.417. The number of hydrazone groups is 1. The molecular weight excluding hydrogens is 334 g/mol. The molecule has 0 aliphatic rings. The second-order valence-corrected chi connectivity index (χ2v) is 5.65. The number of ether oxygens (including phenoxy) is 1. The monoisotopic (exact) mass is 351 g/mol. The minimum atomic E-state index is 0.160. The molecule has 0 radical (unpaired) electrons. The first-order valence-electron chi connectivity index (χ1n) is 7.63. The molecule has 0 aromatic heterocycles. The number of hydrogen-bond acceptors (Lipinski definition) is 4. The number of para-hydroxylation sites is 2. The fourth-order valence-corrected chi connectivity index (χ4v) is 2.64. The van der Waals surface area contributed by atoms with Gasteiger partial charge in [-0.1, -0.05) is 42.5 Å². The van der Waals surface area contributed by atoms with E-state index in [9.17, 15) is 5.11 Å². The summed E-state index contributed by atoms with van der Waals surface area (Å²) < 4.78 is 5.26. The number of phenolic OH excluding ortho intramolecular Hbond substituents is 1. The zero-order chi connectivity index (χ0) is 17.6. The van der Waals surface area contributed by atoms with Crippen LogP contribution in [0.5, 0.6) is 11.5 Å². The number of hydrogen-bond donors (Lipinski definition) is 3. The Balaban J connectivity index is 1.73. The van der Waals surface area contributed by atoms with Gasteiger partial charge in [0.15, 0.2) is 5.11 Å². The molecule has 0 saturated carbocycles. The Morgan fingerprint density at radius 1 is 1.08 bits per heavy atom. The zero-order valence-corrected chi connectivity index (χ0v) is 14.4. The molecule has 0 amide bonds. The summed E-state index contributed by atoms with van der Waals surface area (Å²) in [6, 6.07) is 18.7. The van der Waals surface area contributed by atoms with E-state index in [2.05, 4.69) is 15.8 Å². The number of phenols is 1. The van der Waals surface area contributed by atoms with Crippen LogP contribution < -0.4 is 15.5 Å². The van der Waals surface area contributed by atoms with E-state index in [4.69, 9.17) is 17.0 Å². The highest BCUT2D eigenvalue weighted by Gasteiger charge is 2.05. The van der Waals surface area contributed by atoms with Crippen LogP contribution in [-0.2, 0) is 0 Å². The molecule has 25 heavy (non-hydrogen) atoms. The Bertz CT molecular complexity index is 941. The number of anilines is 1. The summed E-state index contributed by atoms with van der Waals surface area (Å²) >= 11 is 5.23. The number of benzene rings is 3. The molecule has 0 saturated heterocycles. The van der Waals surface area contributed by atoms with Gasteiger partial charge in [0.1, 0.15) is 11.5 Å². The molecule has 0 aliphatic heterocycles. The molecule has 0 heterocycles. The molecule has 3 rings (SSSR count). The van der Waals surface area contributed by atoms with Gasteiger partial charge in [0.05, 0.1) is 19.0 Å². The van der Waals surface area contributed by atoms with Gasteiger partial charge in [-0.25, -0.2) is 0 Å². The van der Waals surface area contributed by atoms with Gasteiger partial charge >= 0.3 is 0 Å². The lowest BCUT2D eigenvalue weighted by Gasteiger charge is -2.11. The number of methoxy groups -OCH3 is 1. The van der Waals surface area contributed by atoms with E-state index in [1.807, 2.05) is 54.6 Å². The predicted octanol–water partition coefficient (Wildman–Crippen LogP) is 3.87. The fraction of sp³-hybridized carbons (Fsp3) is 0.0526. The average molecular weight is 351 g/mol. The van der Waals surface area contributed by atoms with Crippen molar-refractivity contribution in [2.75, 3.05) is 12.4 Å². The summed E-state index contributed by atoms with van der Waals surface area (Å²) in [5.74, 6) is 0.843. The third-order valence-electron chi connectivity index (χ3n) is 3.66. The smallest absolute Gasteiger partial charge is 0.191 e. The van der Waals surface area contributed by atoms with Gasteiger partial charge in [-0.05, 0) is 41.2 Å². The highest BCUT2D eigenvalue weighted by atomic mass is 32.1. The van der Waals surface area contributed by atoms with Crippen LogP contribution in [0.3, 0.4) is 0 Å². The van der Waals surface area contributed by atoms with E-state index in [1.54, 1.807) is 19.4 Å². The Morgan fingerprint density at radius 2 is 1.84 bits per heavy atom. The molecular formula is C19H17N3O2S. The van der Waals surface area contributed by atoms with Crippen molar-refractivity contribution in [3.8, 4) is 11.5 Å². The highest BCUT2D eigenvalue weighted by molar-refractivity contribution is 7.80. The van der Waals surface area contributed by atoms with Crippen LogP contribution in [0.4, 0.5) is 5.69 Å². The van der Waals surface area contributed by atoms with E-state index in [-0.39, 0.29) is 5.75 Å². The quantitative estimate of drug-likeness (QED) is 0.378. The molecule has 3 aromatic carbocycles. The minimum absolute atomic E-state index is 0.160. The summed E-state index contributed by atoms with van der Waals surface area (Å²) in [6.45, 7) is 0. The molecule has 0 atom stereocenters. The van der Waals surface area contributed by atoms with Gasteiger partial charge in [0.2, 0.25) is 0 Å². The van der Waals surface area contributed by atoms with Crippen molar-refractivity contribution in [3.63, 3.8) is 0 Å². The molecule has 0 spiro atoms. The van der Waals surface area contributed by atoms with Crippen molar-refractivity contribution in [3.05, 3.63) is 66.2 Å². The Kier molecular flexibility index (Phi) is 5.11. The second-order valence-electron chi connectivity index (χ2n) is 5.24.